The van der Waals surface area contributed by atoms with Crippen LogP contribution in [0.3, 0.4) is 0 Å². The highest BCUT2D eigenvalue weighted by molar-refractivity contribution is 6.02. The average Bonchev–Trinajstić information content (AvgIpc) is 2.93. The molecule has 1 nitrogen and oxygen atoms in total. The number of rotatable bonds is 2. The summed E-state index contributed by atoms with van der Waals surface area (Å²) in [7, 11) is 0. The zero-order chi connectivity index (χ0) is 17.6. The van der Waals surface area contributed by atoms with Crippen molar-refractivity contribution in [3.8, 4) is 16.8 Å². The summed E-state index contributed by atoms with van der Waals surface area (Å²) in [6, 6.07) is 23.8. The fraction of sp³-hybridized carbons (Fsp3) is 0.167. The van der Waals surface area contributed by atoms with Gasteiger partial charge >= 0.3 is 0 Å². The Bertz CT molecular complexity index is 1050. The fourth-order valence-corrected chi connectivity index (χ4v) is 3.89. The number of hydrogen-bond donors (Lipinski definition) is 0. The van der Waals surface area contributed by atoms with Gasteiger partial charge in [0.15, 0.2) is 0 Å². The second kappa shape index (κ2) is 5.93. The quantitative estimate of drug-likeness (QED) is 0.395. The van der Waals surface area contributed by atoms with Gasteiger partial charge in [0, 0.05) is 22.3 Å². The van der Waals surface area contributed by atoms with Gasteiger partial charge < -0.3 is 4.57 Å². The lowest BCUT2D eigenvalue weighted by atomic mass is 9.94. The maximum absolute atomic E-state index is 2.40. The topological polar surface area (TPSA) is 4.93 Å². The van der Waals surface area contributed by atoms with E-state index in [1.807, 2.05) is 0 Å². The summed E-state index contributed by atoms with van der Waals surface area (Å²) in [5.74, 6) is 0. The highest BCUT2D eigenvalue weighted by atomic mass is 15.0. The maximum Gasteiger partial charge on any atom is 0.0543 e. The summed E-state index contributed by atoms with van der Waals surface area (Å²) >= 11 is 0. The fourth-order valence-electron chi connectivity index (χ4n) is 3.89. The van der Waals surface area contributed by atoms with Gasteiger partial charge in [0.05, 0.1) is 5.52 Å². The van der Waals surface area contributed by atoms with Crippen LogP contribution in [0.4, 0.5) is 0 Å². The lowest BCUT2D eigenvalue weighted by Gasteiger charge is -2.11. The highest BCUT2D eigenvalue weighted by Crippen LogP contribution is 2.40. The van der Waals surface area contributed by atoms with Crippen molar-refractivity contribution >= 4 is 10.9 Å². The first-order valence-electron chi connectivity index (χ1n) is 8.82. The molecule has 0 N–H and O–H groups in total. The molecule has 0 unspecified atom stereocenters. The van der Waals surface area contributed by atoms with Crippen LogP contribution >= 0.6 is 0 Å². The van der Waals surface area contributed by atoms with E-state index in [0.29, 0.717) is 0 Å². The standard InChI is InChI=1S/C24H23N/c1-16-15-22-23(18(3)17(16)2)24(20-11-7-5-8-12-20)19(4)25(22)21-13-9-6-10-14-21/h5-15H,1-4H3. The summed E-state index contributed by atoms with van der Waals surface area (Å²) in [6.07, 6.45) is 0. The van der Waals surface area contributed by atoms with Gasteiger partial charge in [-0.15, -0.1) is 0 Å². The number of fused-ring (bicyclic) bond motifs is 1. The third kappa shape index (κ3) is 2.39. The van der Waals surface area contributed by atoms with Gasteiger partial charge in [0.1, 0.15) is 0 Å². The molecule has 0 radical (unpaired) electrons. The first kappa shape index (κ1) is 15.7. The van der Waals surface area contributed by atoms with Gasteiger partial charge in [-0.25, -0.2) is 0 Å². The molecule has 1 aromatic heterocycles. The van der Waals surface area contributed by atoms with E-state index in [1.54, 1.807) is 0 Å². The van der Waals surface area contributed by atoms with Crippen molar-refractivity contribution in [2.45, 2.75) is 27.7 Å². The molecule has 0 aliphatic carbocycles. The molecule has 0 saturated heterocycles. The Hall–Kier alpha value is -2.80. The van der Waals surface area contributed by atoms with E-state index < -0.39 is 0 Å². The van der Waals surface area contributed by atoms with E-state index in [-0.39, 0.29) is 0 Å². The van der Waals surface area contributed by atoms with Crippen molar-refractivity contribution in [3.05, 3.63) is 89.1 Å². The number of aryl methyl sites for hydroxylation is 2. The van der Waals surface area contributed by atoms with E-state index in [0.717, 1.165) is 0 Å². The number of benzene rings is 3. The van der Waals surface area contributed by atoms with Crippen LogP contribution in [0.15, 0.2) is 66.7 Å². The van der Waals surface area contributed by atoms with Crippen molar-refractivity contribution in [1.29, 1.82) is 0 Å². The van der Waals surface area contributed by atoms with Gasteiger partial charge in [-0.05, 0) is 68.1 Å². The van der Waals surface area contributed by atoms with Crippen molar-refractivity contribution < 1.29 is 0 Å². The first-order chi connectivity index (χ1) is 12.1. The van der Waals surface area contributed by atoms with Crippen LogP contribution in [0, 0.1) is 27.7 Å². The monoisotopic (exact) mass is 325 g/mol. The van der Waals surface area contributed by atoms with Crippen LogP contribution < -0.4 is 0 Å². The van der Waals surface area contributed by atoms with Crippen LogP contribution in [0.5, 0.6) is 0 Å². The Labute approximate surface area is 149 Å². The molecule has 0 aliphatic heterocycles. The molecule has 1 heteroatoms. The summed E-state index contributed by atoms with van der Waals surface area (Å²) in [6.45, 7) is 8.93. The molecular weight excluding hydrogens is 302 g/mol. The molecule has 4 rings (SSSR count). The number of para-hydroxylation sites is 1. The molecule has 4 aromatic rings. The predicted octanol–water partition coefficient (Wildman–Crippen LogP) is 6.53. The molecule has 0 spiro atoms. The average molecular weight is 325 g/mol. The molecule has 3 aromatic carbocycles. The van der Waals surface area contributed by atoms with Crippen LogP contribution in [0.1, 0.15) is 22.4 Å². The second-order valence-corrected chi connectivity index (χ2v) is 6.83. The Morgan fingerprint density at radius 3 is 1.92 bits per heavy atom. The van der Waals surface area contributed by atoms with Crippen molar-refractivity contribution in [1.82, 2.24) is 4.57 Å². The Morgan fingerprint density at radius 2 is 1.28 bits per heavy atom. The molecule has 0 bridgehead atoms. The van der Waals surface area contributed by atoms with E-state index >= 15 is 0 Å². The molecule has 0 amide bonds. The van der Waals surface area contributed by atoms with E-state index in [4.69, 9.17) is 0 Å². The molecule has 0 aliphatic rings. The molecule has 0 fully saturated rings. The first-order valence-corrected chi connectivity index (χ1v) is 8.82. The van der Waals surface area contributed by atoms with Crippen LogP contribution in [-0.2, 0) is 0 Å². The molecular formula is C24H23N. The Balaban J connectivity index is 2.19. The van der Waals surface area contributed by atoms with Gasteiger partial charge in [0.2, 0.25) is 0 Å². The van der Waals surface area contributed by atoms with Gasteiger partial charge in [0.25, 0.3) is 0 Å². The molecule has 124 valence electrons. The molecule has 0 saturated carbocycles. The predicted molar refractivity (Wildman–Crippen MR) is 108 cm³/mol. The third-order valence-corrected chi connectivity index (χ3v) is 5.40. The molecule has 25 heavy (non-hydrogen) atoms. The zero-order valence-electron chi connectivity index (χ0n) is 15.3. The Morgan fingerprint density at radius 1 is 0.680 bits per heavy atom. The molecule has 1 heterocycles. The van der Waals surface area contributed by atoms with Crippen LogP contribution in [-0.4, -0.2) is 4.57 Å². The van der Waals surface area contributed by atoms with Crippen molar-refractivity contribution in [3.63, 3.8) is 0 Å². The summed E-state index contributed by atoms with van der Waals surface area (Å²) in [5, 5.41) is 1.37. The van der Waals surface area contributed by atoms with Gasteiger partial charge in [-0.2, -0.15) is 0 Å². The zero-order valence-corrected chi connectivity index (χ0v) is 15.3. The number of aromatic nitrogens is 1. The van der Waals surface area contributed by atoms with Crippen LogP contribution in [0.2, 0.25) is 0 Å². The maximum atomic E-state index is 2.40. The molecule has 0 atom stereocenters. The number of nitrogens with zero attached hydrogens (tertiary/aromatic N) is 1. The minimum Gasteiger partial charge on any atom is -0.313 e. The van der Waals surface area contributed by atoms with E-state index in [2.05, 4.69) is 99.0 Å². The smallest absolute Gasteiger partial charge is 0.0543 e. The lowest BCUT2D eigenvalue weighted by Crippen LogP contribution is -1.97. The Kier molecular flexibility index (Phi) is 3.73. The minimum atomic E-state index is 1.22. The van der Waals surface area contributed by atoms with Gasteiger partial charge in [-0.3, -0.25) is 0 Å². The van der Waals surface area contributed by atoms with Crippen molar-refractivity contribution in [2.75, 3.05) is 0 Å². The van der Waals surface area contributed by atoms with Crippen LogP contribution in [0.25, 0.3) is 27.7 Å². The summed E-state index contributed by atoms with van der Waals surface area (Å²) < 4.78 is 2.40. The van der Waals surface area contributed by atoms with E-state index in [1.165, 1.54) is 50.1 Å². The van der Waals surface area contributed by atoms with E-state index in [9.17, 15) is 0 Å². The van der Waals surface area contributed by atoms with Crippen molar-refractivity contribution in [2.24, 2.45) is 0 Å². The normalized spacial score (nSPS) is 11.2. The largest absolute Gasteiger partial charge is 0.313 e. The lowest BCUT2D eigenvalue weighted by molar-refractivity contribution is 1.05. The third-order valence-electron chi connectivity index (χ3n) is 5.40. The van der Waals surface area contributed by atoms with Gasteiger partial charge in [-0.1, -0.05) is 48.5 Å². The second-order valence-electron chi connectivity index (χ2n) is 6.83. The highest BCUT2D eigenvalue weighted by Gasteiger charge is 2.19. The minimum absolute atomic E-state index is 1.22. The summed E-state index contributed by atoms with van der Waals surface area (Å²) in [4.78, 5) is 0. The number of hydrogen-bond acceptors (Lipinski definition) is 0. The summed E-state index contributed by atoms with van der Waals surface area (Å²) in [5.41, 5.74) is 10.5. The SMILES string of the molecule is Cc1cc2c(c(C)c1C)c(-c1ccccc1)c(C)n2-c1ccccc1.